The molecular formula is C26H30O6S2. The van der Waals surface area contributed by atoms with Crippen molar-refractivity contribution in [1.29, 1.82) is 0 Å². The van der Waals surface area contributed by atoms with Gasteiger partial charge < -0.3 is 0 Å². The lowest BCUT2D eigenvalue weighted by Gasteiger charge is -2.10. The Kier molecular flexibility index (Phi) is 8.30. The second kappa shape index (κ2) is 10.8. The molecule has 0 aromatic heterocycles. The average Bonchev–Trinajstić information content (AvgIpc) is 2.72. The Morgan fingerprint density at radius 1 is 0.588 bits per heavy atom. The first-order valence-electron chi connectivity index (χ1n) is 11.2. The SMILES string of the molecule is Cc1ccc(S(=O)(=O)O)c(CCCc2cccc(CCCc3cc(C)ccc3S(=O)(=O)O)c2)c1. The summed E-state index contributed by atoms with van der Waals surface area (Å²) in [6.45, 7) is 3.77. The van der Waals surface area contributed by atoms with Crippen LogP contribution in [0.3, 0.4) is 0 Å². The molecule has 182 valence electrons. The molecule has 0 aliphatic rings. The second-order valence-corrected chi connectivity index (χ2v) is 11.5. The minimum absolute atomic E-state index is 0.0349. The normalized spacial score (nSPS) is 12.1. The van der Waals surface area contributed by atoms with Gasteiger partial charge in [0.05, 0.1) is 9.79 Å². The topological polar surface area (TPSA) is 109 Å². The summed E-state index contributed by atoms with van der Waals surface area (Å²) in [4.78, 5) is -0.0699. The van der Waals surface area contributed by atoms with Crippen LogP contribution in [0, 0.1) is 13.8 Å². The van der Waals surface area contributed by atoms with Gasteiger partial charge in [-0.3, -0.25) is 9.11 Å². The van der Waals surface area contributed by atoms with Crippen LogP contribution in [0.1, 0.15) is 46.2 Å². The summed E-state index contributed by atoms with van der Waals surface area (Å²) in [5.41, 5.74) is 5.38. The molecule has 0 saturated heterocycles. The van der Waals surface area contributed by atoms with Crippen LogP contribution in [-0.2, 0) is 45.9 Å². The molecular weight excluding hydrogens is 472 g/mol. The average molecular weight is 503 g/mol. The van der Waals surface area contributed by atoms with Crippen molar-refractivity contribution in [3.63, 3.8) is 0 Å². The fourth-order valence-corrected chi connectivity index (χ4v) is 5.68. The summed E-state index contributed by atoms with van der Waals surface area (Å²) in [6, 6.07) is 18.0. The summed E-state index contributed by atoms with van der Waals surface area (Å²) in [5.74, 6) is 0. The predicted molar refractivity (Wildman–Crippen MR) is 132 cm³/mol. The third-order valence-corrected chi connectivity index (χ3v) is 7.71. The van der Waals surface area contributed by atoms with Crippen molar-refractivity contribution in [2.45, 2.75) is 62.2 Å². The van der Waals surface area contributed by atoms with Crippen molar-refractivity contribution in [3.05, 3.63) is 94.0 Å². The molecule has 0 radical (unpaired) electrons. The number of aryl methyl sites for hydroxylation is 6. The van der Waals surface area contributed by atoms with Crippen molar-refractivity contribution in [2.75, 3.05) is 0 Å². The van der Waals surface area contributed by atoms with Gasteiger partial charge in [-0.25, -0.2) is 0 Å². The van der Waals surface area contributed by atoms with Crippen molar-refractivity contribution < 1.29 is 25.9 Å². The highest BCUT2D eigenvalue weighted by Crippen LogP contribution is 2.22. The maximum Gasteiger partial charge on any atom is 0.294 e. The van der Waals surface area contributed by atoms with Gasteiger partial charge in [-0.15, -0.1) is 0 Å². The first kappa shape index (κ1) is 26.1. The van der Waals surface area contributed by atoms with E-state index in [4.69, 9.17) is 0 Å². The van der Waals surface area contributed by atoms with Gasteiger partial charge in [-0.05, 0) is 86.8 Å². The Bertz CT molecular complexity index is 1270. The van der Waals surface area contributed by atoms with E-state index < -0.39 is 20.2 Å². The second-order valence-electron chi connectivity index (χ2n) is 8.70. The zero-order valence-corrected chi connectivity index (χ0v) is 21.0. The molecule has 0 atom stereocenters. The van der Waals surface area contributed by atoms with E-state index >= 15 is 0 Å². The van der Waals surface area contributed by atoms with Crippen molar-refractivity contribution in [3.8, 4) is 0 Å². The molecule has 0 amide bonds. The highest BCUT2D eigenvalue weighted by molar-refractivity contribution is 7.86. The molecule has 0 spiro atoms. The van der Waals surface area contributed by atoms with Crippen LogP contribution >= 0.6 is 0 Å². The van der Waals surface area contributed by atoms with Crippen LogP contribution in [0.25, 0.3) is 0 Å². The van der Waals surface area contributed by atoms with E-state index in [0.717, 1.165) is 47.9 Å². The van der Waals surface area contributed by atoms with Gasteiger partial charge in [0.15, 0.2) is 0 Å². The summed E-state index contributed by atoms with van der Waals surface area (Å²) in [7, 11) is -8.51. The summed E-state index contributed by atoms with van der Waals surface area (Å²) in [5, 5.41) is 0. The van der Waals surface area contributed by atoms with Gasteiger partial charge in [0.2, 0.25) is 0 Å². The summed E-state index contributed by atoms with van der Waals surface area (Å²) in [6.07, 6.45) is 4.06. The number of hydrogen-bond donors (Lipinski definition) is 2. The van der Waals surface area contributed by atoms with Crippen LogP contribution in [0.2, 0.25) is 0 Å². The lowest BCUT2D eigenvalue weighted by molar-refractivity contribution is 0.479. The molecule has 3 rings (SSSR count). The highest BCUT2D eigenvalue weighted by Gasteiger charge is 2.16. The molecule has 0 fully saturated rings. The molecule has 0 heterocycles. The van der Waals surface area contributed by atoms with Gasteiger partial charge >= 0.3 is 0 Å². The van der Waals surface area contributed by atoms with Gasteiger partial charge in [0.1, 0.15) is 0 Å². The molecule has 8 heteroatoms. The monoisotopic (exact) mass is 502 g/mol. The van der Waals surface area contributed by atoms with Crippen LogP contribution in [0.4, 0.5) is 0 Å². The third kappa shape index (κ3) is 7.24. The van der Waals surface area contributed by atoms with E-state index in [0.29, 0.717) is 24.0 Å². The first-order valence-corrected chi connectivity index (χ1v) is 14.0. The van der Waals surface area contributed by atoms with Crippen molar-refractivity contribution >= 4 is 20.2 Å². The third-order valence-electron chi connectivity index (χ3n) is 5.80. The molecule has 0 aliphatic heterocycles. The minimum Gasteiger partial charge on any atom is -0.282 e. The fourth-order valence-electron chi connectivity index (χ4n) is 4.22. The first-order chi connectivity index (χ1) is 15.9. The molecule has 0 bridgehead atoms. The fraction of sp³-hybridized carbons (Fsp3) is 0.308. The van der Waals surface area contributed by atoms with Gasteiger partial charge in [-0.1, -0.05) is 59.7 Å². The maximum atomic E-state index is 11.6. The molecule has 34 heavy (non-hydrogen) atoms. The smallest absolute Gasteiger partial charge is 0.282 e. The largest absolute Gasteiger partial charge is 0.294 e. The lowest BCUT2D eigenvalue weighted by Crippen LogP contribution is -2.04. The standard InChI is InChI=1S/C26H30O6S2/c1-19-12-14-25(33(27,28)29)23(16-19)10-4-8-21-6-3-7-22(18-21)9-5-11-24-17-20(2)13-15-26(24)34(30,31)32/h3,6-7,12-18H,4-5,8-11H2,1-2H3,(H,27,28,29)(H,30,31,32). The zero-order valence-electron chi connectivity index (χ0n) is 19.4. The van der Waals surface area contributed by atoms with Crippen LogP contribution in [0.15, 0.2) is 70.5 Å². The van der Waals surface area contributed by atoms with Gasteiger partial charge in [0, 0.05) is 0 Å². The lowest BCUT2D eigenvalue weighted by atomic mass is 9.98. The van der Waals surface area contributed by atoms with E-state index in [1.165, 1.54) is 12.1 Å². The van der Waals surface area contributed by atoms with Gasteiger partial charge in [-0.2, -0.15) is 16.8 Å². The minimum atomic E-state index is -4.25. The summed E-state index contributed by atoms with van der Waals surface area (Å²) < 4.78 is 65.6. The Morgan fingerprint density at radius 2 is 1.00 bits per heavy atom. The van der Waals surface area contributed by atoms with Crippen LogP contribution in [0.5, 0.6) is 0 Å². The molecule has 0 unspecified atom stereocenters. The quantitative estimate of drug-likeness (QED) is 0.371. The van der Waals surface area contributed by atoms with E-state index in [2.05, 4.69) is 6.07 Å². The van der Waals surface area contributed by atoms with Crippen molar-refractivity contribution in [1.82, 2.24) is 0 Å². The molecule has 0 aliphatic carbocycles. The molecule has 6 nitrogen and oxygen atoms in total. The van der Waals surface area contributed by atoms with Gasteiger partial charge in [0.25, 0.3) is 20.2 Å². The van der Waals surface area contributed by atoms with E-state index in [1.807, 2.05) is 32.0 Å². The van der Waals surface area contributed by atoms with E-state index in [1.54, 1.807) is 24.3 Å². The molecule has 3 aromatic rings. The Morgan fingerprint density at radius 3 is 1.38 bits per heavy atom. The Balaban J connectivity index is 1.61. The molecule has 0 saturated carbocycles. The zero-order chi connectivity index (χ0) is 24.9. The molecule has 2 N–H and O–H groups in total. The predicted octanol–water partition coefficient (Wildman–Crippen LogP) is 5.15. The Labute approximate surface area is 202 Å². The van der Waals surface area contributed by atoms with Crippen LogP contribution in [-0.4, -0.2) is 25.9 Å². The number of benzene rings is 3. The van der Waals surface area contributed by atoms with E-state index in [9.17, 15) is 25.9 Å². The number of hydrogen-bond acceptors (Lipinski definition) is 4. The van der Waals surface area contributed by atoms with E-state index in [-0.39, 0.29) is 9.79 Å². The molecule has 3 aromatic carbocycles. The van der Waals surface area contributed by atoms with Crippen molar-refractivity contribution in [2.24, 2.45) is 0 Å². The number of rotatable bonds is 10. The Hall–Kier alpha value is -2.52. The highest BCUT2D eigenvalue weighted by atomic mass is 32.2. The van der Waals surface area contributed by atoms with Crippen LogP contribution < -0.4 is 0 Å². The maximum absolute atomic E-state index is 11.6. The summed E-state index contributed by atoms with van der Waals surface area (Å²) >= 11 is 0.